The Kier molecular flexibility index (Phi) is 7.49. The topological polar surface area (TPSA) is 44.5 Å². The van der Waals surface area contributed by atoms with Crippen molar-refractivity contribution >= 4 is 28.3 Å². The van der Waals surface area contributed by atoms with Gasteiger partial charge in [-0.15, -0.1) is 0 Å². The molecule has 4 rings (SSSR count). The lowest BCUT2D eigenvalue weighted by Gasteiger charge is -2.38. The highest BCUT2D eigenvalue weighted by Crippen LogP contribution is 2.54. The highest BCUT2D eigenvalue weighted by atomic mass is 15.2. The Balaban J connectivity index is 1.70. The van der Waals surface area contributed by atoms with Gasteiger partial charge in [-0.1, -0.05) is 45.5 Å². The predicted molar refractivity (Wildman–Crippen MR) is 155 cm³/mol. The van der Waals surface area contributed by atoms with Crippen molar-refractivity contribution < 1.29 is 0 Å². The van der Waals surface area contributed by atoms with Gasteiger partial charge in [0.1, 0.15) is 0 Å². The van der Waals surface area contributed by atoms with Crippen LogP contribution in [0.5, 0.6) is 0 Å². The van der Waals surface area contributed by atoms with E-state index < -0.39 is 0 Å². The van der Waals surface area contributed by atoms with Crippen LogP contribution in [0, 0.1) is 0 Å². The number of anilines is 4. The van der Waals surface area contributed by atoms with Crippen molar-refractivity contribution in [3.8, 4) is 0 Å². The molecule has 2 atom stereocenters. The van der Waals surface area contributed by atoms with E-state index in [0.717, 1.165) is 42.9 Å². The number of allylic oxidation sites excluding steroid dienone is 2. The fourth-order valence-electron chi connectivity index (χ4n) is 5.90. The number of nitrogen functional groups attached to an aromatic ring is 1. The van der Waals surface area contributed by atoms with Crippen LogP contribution in [0.2, 0.25) is 0 Å². The molecule has 3 N–H and O–H groups in total. The third-order valence-corrected chi connectivity index (χ3v) is 7.93. The lowest BCUT2D eigenvalue weighted by molar-refractivity contribution is 0.582. The smallest absolute Gasteiger partial charge is 0.0565 e. The fourth-order valence-corrected chi connectivity index (χ4v) is 5.90. The second-order valence-corrected chi connectivity index (χ2v) is 10.7. The van der Waals surface area contributed by atoms with Crippen molar-refractivity contribution in [1.29, 1.82) is 0 Å². The number of benzene rings is 2. The summed E-state index contributed by atoms with van der Waals surface area (Å²) in [5, 5.41) is 3.91. The molecule has 2 aromatic carbocycles. The second kappa shape index (κ2) is 10.4. The van der Waals surface area contributed by atoms with Crippen LogP contribution in [0.1, 0.15) is 89.3 Å². The van der Waals surface area contributed by atoms with Crippen LogP contribution >= 0.6 is 0 Å². The first kappa shape index (κ1) is 25.2. The Labute approximate surface area is 212 Å². The number of nitrogens with zero attached hydrogens (tertiary/aromatic N) is 2. The number of hydrogen-bond acceptors (Lipinski definition) is 4. The van der Waals surface area contributed by atoms with Crippen LogP contribution in [0.4, 0.5) is 22.7 Å². The van der Waals surface area contributed by atoms with Gasteiger partial charge in [-0.25, -0.2) is 0 Å². The number of para-hydroxylation sites is 1. The molecular weight excluding hydrogens is 428 g/mol. The average molecular weight is 473 g/mol. The van der Waals surface area contributed by atoms with Crippen molar-refractivity contribution in [2.45, 2.75) is 78.7 Å². The second-order valence-electron chi connectivity index (χ2n) is 10.7. The van der Waals surface area contributed by atoms with Gasteiger partial charge in [-0.2, -0.15) is 0 Å². The maximum atomic E-state index is 7.00. The molecule has 188 valence electrons. The molecule has 0 saturated heterocycles. The van der Waals surface area contributed by atoms with Gasteiger partial charge in [0.05, 0.1) is 5.69 Å². The Morgan fingerprint density at radius 1 is 1.17 bits per heavy atom. The van der Waals surface area contributed by atoms with Crippen molar-refractivity contribution in [1.82, 2.24) is 0 Å². The minimum absolute atomic E-state index is 0.329. The van der Waals surface area contributed by atoms with Gasteiger partial charge < -0.3 is 20.9 Å². The Bertz CT molecular complexity index is 1100. The first-order valence-corrected chi connectivity index (χ1v) is 13.5. The zero-order valence-corrected chi connectivity index (χ0v) is 22.6. The van der Waals surface area contributed by atoms with Gasteiger partial charge in [0, 0.05) is 65.6 Å². The summed E-state index contributed by atoms with van der Waals surface area (Å²) >= 11 is 0. The van der Waals surface area contributed by atoms with E-state index in [1.165, 1.54) is 46.6 Å². The van der Waals surface area contributed by atoms with Crippen molar-refractivity contribution in [3.63, 3.8) is 0 Å². The molecule has 0 radical (unpaired) electrons. The molecule has 0 spiro atoms. The van der Waals surface area contributed by atoms with Crippen LogP contribution < -0.4 is 20.9 Å². The Morgan fingerprint density at radius 2 is 1.89 bits per heavy atom. The molecule has 2 aliphatic heterocycles. The summed E-state index contributed by atoms with van der Waals surface area (Å²) in [6.45, 7) is 21.1. The summed E-state index contributed by atoms with van der Waals surface area (Å²) < 4.78 is 0. The molecule has 4 nitrogen and oxygen atoms in total. The van der Waals surface area contributed by atoms with Gasteiger partial charge in [-0.05, 0) is 75.1 Å². The quantitative estimate of drug-likeness (QED) is 0.304. The van der Waals surface area contributed by atoms with E-state index in [2.05, 4.69) is 99.8 Å². The number of hydrogen-bond donors (Lipinski definition) is 2. The third-order valence-electron chi connectivity index (χ3n) is 7.93. The maximum Gasteiger partial charge on any atom is 0.0565 e. The van der Waals surface area contributed by atoms with Crippen LogP contribution in [0.3, 0.4) is 0 Å². The molecule has 2 aromatic rings. The molecular formula is C31H44N4. The average Bonchev–Trinajstić information content (AvgIpc) is 2.95. The molecule has 0 aromatic heterocycles. The summed E-state index contributed by atoms with van der Waals surface area (Å²) in [6, 6.07) is 11.2. The standard InChI is InChI=1S/C31H44N4/c1-8-34(25-13-10-9-11-14-25)18-12-17-33-30-26(20(2)3)29(32)28-24(7)22(5)19-35-23(6)16-15-21(4)27(30)31(28)35/h9-11,13-14,19-21,23,33H,7-8,12,15-18,32H2,1-6H3. The molecule has 35 heavy (non-hydrogen) atoms. The highest BCUT2D eigenvalue weighted by Gasteiger charge is 2.36. The van der Waals surface area contributed by atoms with E-state index in [-0.39, 0.29) is 0 Å². The summed E-state index contributed by atoms with van der Waals surface area (Å²) in [5.41, 5.74) is 17.9. The molecule has 2 aliphatic rings. The van der Waals surface area contributed by atoms with Gasteiger partial charge in [0.2, 0.25) is 0 Å². The predicted octanol–water partition coefficient (Wildman–Crippen LogP) is 7.74. The largest absolute Gasteiger partial charge is 0.398 e. The van der Waals surface area contributed by atoms with E-state index in [0.29, 0.717) is 17.9 Å². The van der Waals surface area contributed by atoms with Crippen LogP contribution in [-0.4, -0.2) is 25.7 Å². The fraction of sp³-hybridized carbons (Fsp3) is 0.484. The normalized spacial score (nSPS) is 19.3. The minimum atomic E-state index is 0.329. The molecule has 2 heterocycles. The first-order valence-electron chi connectivity index (χ1n) is 13.5. The number of rotatable bonds is 8. The summed E-state index contributed by atoms with van der Waals surface area (Å²) in [6.07, 6.45) is 5.71. The van der Waals surface area contributed by atoms with Crippen molar-refractivity contribution in [2.75, 3.05) is 40.5 Å². The molecule has 0 amide bonds. The molecule has 0 aliphatic carbocycles. The summed E-state index contributed by atoms with van der Waals surface area (Å²) in [7, 11) is 0. The molecule has 0 fully saturated rings. The minimum Gasteiger partial charge on any atom is -0.398 e. The summed E-state index contributed by atoms with van der Waals surface area (Å²) in [4.78, 5) is 4.93. The first-order chi connectivity index (χ1) is 16.8. The lowest BCUT2D eigenvalue weighted by atomic mass is 9.81. The monoisotopic (exact) mass is 472 g/mol. The molecule has 0 saturated carbocycles. The third kappa shape index (κ3) is 4.68. The molecule has 4 heteroatoms. The molecule has 2 unspecified atom stereocenters. The lowest BCUT2D eigenvalue weighted by Crippen LogP contribution is -2.31. The van der Waals surface area contributed by atoms with Gasteiger partial charge in [0.25, 0.3) is 0 Å². The van der Waals surface area contributed by atoms with Gasteiger partial charge in [-0.3, -0.25) is 0 Å². The van der Waals surface area contributed by atoms with Crippen LogP contribution in [0.25, 0.3) is 5.57 Å². The van der Waals surface area contributed by atoms with Gasteiger partial charge >= 0.3 is 0 Å². The van der Waals surface area contributed by atoms with Crippen molar-refractivity contribution in [2.24, 2.45) is 0 Å². The summed E-state index contributed by atoms with van der Waals surface area (Å²) in [5.74, 6) is 0.795. The van der Waals surface area contributed by atoms with E-state index in [4.69, 9.17) is 5.73 Å². The molecule has 0 bridgehead atoms. The number of nitrogens with two attached hydrogens (primary N) is 1. The van der Waals surface area contributed by atoms with Crippen LogP contribution in [-0.2, 0) is 0 Å². The van der Waals surface area contributed by atoms with E-state index in [1.807, 2.05) is 0 Å². The zero-order chi connectivity index (χ0) is 25.3. The van der Waals surface area contributed by atoms with Crippen molar-refractivity contribution in [3.05, 3.63) is 65.4 Å². The Morgan fingerprint density at radius 3 is 2.54 bits per heavy atom. The zero-order valence-electron chi connectivity index (χ0n) is 22.6. The SMILES string of the molecule is C=C1C(C)=CN2c3c1c(N)c(C(C)C)c(NCCCN(CC)c1ccccc1)c3C(C)CCC2C. The number of nitrogens with one attached hydrogen (secondary N) is 1. The van der Waals surface area contributed by atoms with Gasteiger partial charge in [0.15, 0.2) is 0 Å². The van der Waals surface area contributed by atoms with E-state index >= 15 is 0 Å². The van der Waals surface area contributed by atoms with E-state index in [1.54, 1.807) is 0 Å². The Hall–Kier alpha value is -2.88. The maximum absolute atomic E-state index is 7.00. The van der Waals surface area contributed by atoms with Crippen LogP contribution in [0.15, 0.2) is 48.7 Å². The highest BCUT2D eigenvalue weighted by molar-refractivity contribution is 6.00. The van der Waals surface area contributed by atoms with E-state index in [9.17, 15) is 0 Å².